The van der Waals surface area contributed by atoms with E-state index in [1.54, 1.807) is 6.07 Å². The molecule has 0 amide bonds. The van der Waals surface area contributed by atoms with Gasteiger partial charge in [-0.1, -0.05) is 6.92 Å². The molecule has 4 nitrogen and oxygen atoms in total. The molecule has 1 fully saturated rings. The lowest BCUT2D eigenvalue weighted by Crippen LogP contribution is -2.49. The molecule has 0 bridgehead atoms. The molecular formula is C14H22FN3O. The molecule has 1 N–H and O–H groups in total. The molecule has 2 unspecified atom stereocenters. The molecule has 1 aliphatic heterocycles. The lowest BCUT2D eigenvalue weighted by atomic mass is 10.1. The molecule has 1 aromatic heterocycles. The zero-order chi connectivity index (χ0) is 13.8. The van der Waals surface area contributed by atoms with E-state index in [0.717, 1.165) is 24.3 Å². The second kappa shape index (κ2) is 6.30. The average Bonchev–Trinajstić information content (AvgIpc) is 2.39. The summed E-state index contributed by atoms with van der Waals surface area (Å²) in [6.45, 7) is 6.31. The molecule has 2 rings (SSSR count). The number of rotatable bonds is 4. The van der Waals surface area contributed by atoms with Crippen molar-refractivity contribution >= 4 is 5.82 Å². The molecule has 0 aliphatic carbocycles. The van der Waals surface area contributed by atoms with Crippen molar-refractivity contribution in [3.8, 4) is 0 Å². The van der Waals surface area contributed by atoms with Crippen molar-refractivity contribution in [1.82, 2.24) is 10.3 Å². The van der Waals surface area contributed by atoms with Gasteiger partial charge in [0, 0.05) is 18.7 Å². The Labute approximate surface area is 114 Å². The zero-order valence-corrected chi connectivity index (χ0v) is 11.8. The number of anilines is 1. The molecule has 106 valence electrons. The summed E-state index contributed by atoms with van der Waals surface area (Å²) < 4.78 is 19.1. The van der Waals surface area contributed by atoms with Gasteiger partial charge in [-0.15, -0.1) is 0 Å². The highest BCUT2D eigenvalue weighted by molar-refractivity contribution is 5.48. The standard InChI is InChI=1S/C14H22FN3O/c1-4-13-9-19-10(2)8-18(13)14-11(6-16-3)5-12(15)7-17-14/h5,7,10,13,16H,4,6,8-9H2,1-3H3. The smallest absolute Gasteiger partial charge is 0.141 e. The summed E-state index contributed by atoms with van der Waals surface area (Å²) in [5.41, 5.74) is 0.898. The Morgan fingerprint density at radius 1 is 1.58 bits per heavy atom. The summed E-state index contributed by atoms with van der Waals surface area (Å²) in [5, 5.41) is 3.07. The first-order valence-corrected chi connectivity index (χ1v) is 6.83. The topological polar surface area (TPSA) is 37.4 Å². The minimum absolute atomic E-state index is 0.178. The van der Waals surface area contributed by atoms with E-state index < -0.39 is 0 Å². The van der Waals surface area contributed by atoms with Gasteiger partial charge in [0.15, 0.2) is 0 Å². The van der Waals surface area contributed by atoms with E-state index in [1.807, 2.05) is 7.05 Å². The molecule has 1 aliphatic rings. The van der Waals surface area contributed by atoms with E-state index in [1.165, 1.54) is 6.20 Å². The van der Waals surface area contributed by atoms with Crippen LogP contribution >= 0.6 is 0 Å². The Balaban J connectivity index is 2.32. The molecule has 0 saturated carbocycles. The van der Waals surface area contributed by atoms with Crippen LogP contribution < -0.4 is 10.2 Å². The highest BCUT2D eigenvalue weighted by atomic mass is 19.1. The minimum atomic E-state index is -0.289. The third kappa shape index (κ3) is 3.22. The van der Waals surface area contributed by atoms with Gasteiger partial charge in [-0.2, -0.15) is 0 Å². The fourth-order valence-electron chi connectivity index (χ4n) is 2.49. The van der Waals surface area contributed by atoms with Gasteiger partial charge in [-0.3, -0.25) is 0 Å². The van der Waals surface area contributed by atoms with E-state index in [-0.39, 0.29) is 11.9 Å². The zero-order valence-electron chi connectivity index (χ0n) is 11.8. The predicted molar refractivity (Wildman–Crippen MR) is 73.8 cm³/mol. The van der Waals surface area contributed by atoms with E-state index in [9.17, 15) is 4.39 Å². The number of halogens is 1. The average molecular weight is 267 g/mol. The summed E-state index contributed by atoms with van der Waals surface area (Å²) in [7, 11) is 1.86. The van der Waals surface area contributed by atoms with E-state index in [4.69, 9.17) is 4.74 Å². The summed E-state index contributed by atoms with van der Waals surface area (Å²) >= 11 is 0. The van der Waals surface area contributed by atoms with Gasteiger partial charge in [0.2, 0.25) is 0 Å². The molecule has 2 heterocycles. The van der Waals surface area contributed by atoms with Crippen molar-refractivity contribution in [1.29, 1.82) is 0 Å². The third-order valence-corrected chi connectivity index (χ3v) is 3.49. The summed E-state index contributed by atoms with van der Waals surface area (Å²) in [5.74, 6) is 0.584. The third-order valence-electron chi connectivity index (χ3n) is 3.49. The first kappa shape index (κ1) is 14.2. The Kier molecular flexibility index (Phi) is 4.71. The Morgan fingerprint density at radius 2 is 2.37 bits per heavy atom. The normalized spacial score (nSPS) is 23.7. The number of morpholine rings is 1. The summed E-state index contributed by atoms with van der Waals surface area (Å²) in [4.78, 5) is 6.56. The van der Waals surface area contributed by atoms with Crippen molar-refractivity contribution in [2.24, 2.45) is 0 Å². The summed E-state index contributed by atoms with van der Waals surface area (Å²) in [6.07, 6.45) is 2.46. The van der Waals surface area contributed by atoms with Crippen LogP contribution in [0.4, 0.5) is 10.2 Å². The van der Waals surface area contributed by atoms with Crippen LogP contribution in [0.3, 0.4) is 0 Å². The highest BCUT2D eigenvalue weighted by Crippen LogP contribution is 2.25. The van der Waals surface area contributed by atoms with E-state index in [0.29, 0.717) is 19.2 Å². The second-order valence-electron chi connectivity index (χ2n) is 5.02. The molecule has 0 radical (unpaired) electrons. The highest BCUT2D eigenvalue weighted by Gasteiger charge is 2.28. The SMILES string of the molecule is CCC1COC(C)CN1c1ncc(F)cc1CNC. The van der Waals surface area contributed by atoms with Crippen LogP contribution in [-0.2, 0) is 11.3 Å². The van der Waals surface area contributed by atoms with Crippen molar-refractivity contribution in [3.63, 3.8) is 0 Å². The van der Waals surface area contributed by atoms with E-state index >= 15 is 0 Å². The predicted octanol–water partition coefficient (Wildman–Crippen LogP) is 1.94. The molecule has 0 spiro atoms. The molecule has 2 atom stereocenters. The van der Waals surface area contributed by atoms with Gasteiger partial charge in [-0.05, 0) is 26.5 Å². The van der Waals surface area contributed by atoms with Crippen LogP contribution in [0.2, 0.25) is 0 Å². The number of pyridine rings is 1. The van der Waals surface area contributed by atoms with E-state index in [2.05, 4.69) is 29.0 Å². The Morgan fingerprint density at radius 3 is 3.05 bits per heavy atom. The van der Waals surface area contributed by atoms with Gasteiger partial charge in [-0.25, -0.2) is 9.37 Å². The van der Waals surface area contributed by atoms with Crippen molar-refractivity contribution in [2.75, 3.05) is 25.1 Å². The maximum absolute atomic E-state index is 13.4. The largest absolute Gasteiger partial charge is 0.375 e. The minimum Gasteiger partial charge on any atom is -0.375 e. The van der Waals surface area contributed by atoms with Crippen LogP contribution in [-0.4, -0.2) is 37.3 Å². The Bertz CT molecular complexity index is 427. The van der Waals surface area contributed by atoms with Gasteiger partial charge in [0.25, 0.3) is 0 Å². The fraction of sp³-hybridized carbons (Fsp3) is 0.643. The summed E-state index contributed by atoms with van der Waals surface area (Å²) in [6, 6.07) is 1.87. The molecule has 1 saturated heterocycles. The second-order valence-corrected chi connectivity index (χ2v) is 5.02. The number of nitrogens with zero attached hydrogens (tertiary/aromatic N) is 2. The number of hydrogen-bond acceptors (Lipinski definition) is 4. The molecule has 5 heteroatoms. The van der Waals surface area contributed by atoms with Crippen LogP contribution in [0.15, 0.2) is 12.3 Å². The van der Waals surface area contributed by atoms with Crippen molar-refractivity contribution in [2.45, 2.75) is 39.0 Å². The van der Waals surface area contributed by atoms with Gasteiger partial charge < -0.3 is 15.0 Å². The van der Waals surface area contributed by atoms with Crippen molar-refractivity contribution < 1.29 is 9.13 Å². The van der Waals surface area contributed by atoms with Gasteiger partial charge in [0.1, 0.15) is 11.6 Å². The van der Waals surface area contributed by atoms with Crippen LogP contribution in [0.25, 0.3) is 0 Å². The maximum Gasteiger partial charge on any atom is 0.141 e. The molecule has 0 aromatic carbocycles. The lowest BCUT2D eigenvalue weighted by Gasteiger charge is -2.40. The van der Waals surface area contributed by atoms with Crippen LogP contribution in [0.5, 0.6) is 0 Å². The van der Waals surface area contributed by atoms with Crippen molar-refractivity contribution in [3.05, 3.63) is 23.6 Å². The molecular weight excluding hydrogens is 245 g/mol. The fourth-order valence-corrected chi connectivity index (χ4v) is 2.49. The molecule has 19 heavy (non-hydrogen) atoms. The Hall–Kier alpha value is -1.20. The number of nitrogens with one attached hydrogen (secondary N) is 1. The lowest BCUT2D eigenvalue weighted by molar-refractivity contribution is 0.0295. The van der Waals surface area contributed by atoms with Gasteiger partial charge >= 0.3 is 0 Å². The first-order chi connectivity index (χ1) is 9.15. The number of aromatic nitrogens is 1. The first-order valence-electron chi connectivity index (χ1n) is 6.83. The molecule has 1 aromatic rings. The van der Waals surface area contributed by atoms with Crippen LogP contribution in [0, 0.1) is 5.82 Å². The monoisotopic (exact) mass is 267 g/mol. The number of hydrogen-bond donors (Lipinski definition) is 1. The van der Waals surface area contributed by atoms with Crippen LogP contribution in [0.1, 0.15) is 25.8 Å². The quantitative estimate of drug-likeness (QED) is 0.904. The van der Waals surface area contributed by atoms with Gasteiger partial charge in [0.05, 0.1) is 24.9 Å². The maximum atomic E-state index is 13.4. The number of ether oxygens (including phenoxy) is 1.